The van der Waals surface area contributed by atoms with Crippen molar-refractivity contribution in [3.63, 3.8) is 0 Å². The number of rotatable bonds is 3. The van der Waals surface area contributed by atoms with Crippen LogP contribution in [0.4, 0.5) is 0 Å². The first-order valence-electron chi connectivity index (χ1n) is 5.33. The van der Waals surface area contributed by atoms with Gasteiger partial charge >= 0.3 is 0 Å². The zero-order chi connectivity index (χ0) is 12.3. The predicted octanol–water partition coefficient (Wildman–Crippen LogP) is 2.83. The standard InChI is InChI=1S/C13H17N3/c1-6-10(9(3)4)13-11(7-2)15-16(5)12(13)8-14/h6H,1,7H2,2-5H3. The van der Waals surface area contributed by atoms with Crippen LogP contribution >= 0.6 is 0 Å². The summed E-state index contributed by atoms with van der Waals surface area (Å²) >= 11 is 0. The molecule has 0 bridgehead atoms. The topological polar surface area (TPSA) is 41.6 Å². The molecule has 0 spiro atoms. The largest absolute Gasteiger partial charge is 0.257 e. The minimum atomic E-state index is 0.605. The average Bonchev–Trinajstić information content (AvgIpc) is 2.55. The van der Waals surface area contributed by atoms with E-state index < -0.39 is 0 Å². The Bertz CT molecular complexity index is 480. The summed E-state index contributed by atoms with van der Waals surface area (Å²) in [6, 6.07) is 2.21. The molecule has 16 heavy (non-hydrogen) atoms. The minimum Gasteiger partial charge on any atom is -0.257 e. The summed E-state index contributed by atoms with van der Waals surface area (Å²) in [4.78, 5) is 0. The lowest BCUT2D eigenvalue weighted by atomic mass is 9.98. The van der Waals surface area contributed by atoms with Gasteiger partial charge in [-0.05, 0) is 25.8 Å². The van der Waals surface area contributed by atoms with E-state index in [1.54, 1.807) is 17.8 Å². The van der Waals surface area contributed by atoms with Crippen molar-refractivity contribution >= 4 is 5.57 Å². The molecule has 0 amide bonds. The molecule has 1 aromatic heterocycles. The van der Waals surface area contributed by atoms with Crippen LogP contribution in [0.2, 0.25) is 0 Å². The second-order valence-electron chi connectivity index (χ2n) is 3.88. The predicted molar refractivity (Wildman–Crippen MR) is 65.8 cm³/mol. The number of nitrogens with zero attached hydrogens (tertiary/aromatic N) is 3. The fraction of sp³-hybridized carbons (Fsp3) is 0.385. The van der Waals surface area contributed by atoms with Gasteiger partial charge in [0, 0.05) is 12.6 Å². The van der Waals surface area contributed by atoms with E-state index >= 15 is 0 Å². The van der Waals surface area contributed by atoms with Crippen molar-refractivity contribution in [3.8, 4) is 6.07 Å². The molecule has 0 aliphatic rings. The molecule has 1 aromatic rings. The normalized spacial score (nSPS) is 9.69. The van der Waals surface area contributed by atoms with E-state index in [9.17, 15) is 0 Å². The lowest BCUT2D eigenvalue weighted by Gasteiger charge is -2.05. The smallest absolute Gasteiger partial charge is 0.146 e. The van der Waals surface area contributed by atoms with Crippen molar-refractivity contribution in [1.29, 1.82) is 5.26 Å². The number of allylic oxidation sites excluding steroid dienone is 3. The molecule has 84 valence electrons. The SMILES string of the molecule is C=CC(=C(C)C)c1c(CC)nn(C)c1C#N. The lowest BCUT2D eigenvalue weighted by Crippen LogP contribution is -1.95. The molecular formula is C13H17N3. The van der Waals surface area contributed by atoms with Gasteiger partial charge in [0.15, 0.2) is 0 Å². The number of nitriles is 1. The summed E-state index contributed by atoms with van der Waals surface area (Å²) in [5, 5.41) is 13.5. The first-order valence-corrected chi connectivity index (χ1v) is 5.33. The molecule has 3 heteroatoms. The second kappa shape index (κ2) is 4.80. The van der Waals surface area contributed by atoms with E-state index in [0.29, 0.717) is 5.69 Å². The molecule has 0 saturated carbocycles. The van der Waals surface area contributed by atoms with E-state index in [1.165, 1.54) is 0 Å². The van der Waals surface area contributed by atoms with Crippen molar-refractivity contribution in [2.24, 2.45) is 7.05 Å². The third-order valence-electron chi connectivity index (χ3n) is 2.57. The molecule has 0 fully saturated rings. The fourth-order valence-corrected chi connectivity index (χ4v) is 1.79. The first kappa shape index (κ1) is 12.3. The Morgan fingerprint density at radius 3 is 2.56 bits per heavy atom. The van der Waals surface area contributed by atoms with Gasteiger partial charge in [-0.15, -0.1) is 0 Å². The fourth-order valence-electron chi connectivity index (χ4n) is 1.79. The van der Waals surface area contributed by atoms with Crippen LogP contribution in [0, 0.1) is 11.3 Å². The maximum atomic E-state index is 9.17. The first-order chi connectivity index (χ1) is 7.56. The van der Waals surface area contributed by atoms with Gasteiger partial charge in [-0.3, -0.25) is 4.68 Å². The third-order valence-corrected chi connectivity index (χ3v) is 2.57. The monoisotopic (exact) mass is 215 g/mol. The van der Waals surface area contributed by atoms with Crippen molar-refractivity contribution in [2.45, 2.75) is 27.2 Å². The summed E-state index contributed by atoms with van der Waals surface area (Å²) in [5.41, 5.74) is 4.65. The van der Waals surface area contributed by atoms with E-state index in [1.807, 2.05) is 20.8 Å². The van der Waals surface area contributed by atoms with Crippen LogP contribution in [0.1, 0.15) is 37.7 Å². The van der Waals surface area contributed by atoms with Gasteiger partial charge in [-0.25, -0.2) is 0 Å². The highest BCUT2D eigenvalue weighted by Crippen LogP contribution is 2.26. The van der Waals surface area contributed by atoms with Crippen LogP contribution in [0.25, 0.3) is 5.57 Å². The number of aryl methyl sites for hydroxylation is 2. The van der Waals surface area contributed by atoms with Crippen LogP contribution in [-0.4, -0.2) is 9.78 Å². The zero-order valence-electron chi connectivity index (χ0n) is 10.3. The van der Waals surface area contributed by atoms with E-state index in [2.05, 4.69) is 17.7 Å². The molecule has 1 heterocycles. The van der Waals surface area contributed by atoms with Crippen LogP contribution in [-0.2, 0) is 13.5 Å². The Kier molecular flexibility index (Phi) is 3.68. The molecule has 0 aliphatic heterocycles. The van der Waals surface area contributed by atoms with Crippen molar-refractivity contribution in [1.82, 2.24) is 9.78 Å². The second-order valence-corrected chi connectivity index (χ2v) is 3.88. The molecule has 0 N–H and O–H groups in total. The van der Waals surface area contributed by atoms with Crippen LogP contribution in [0.3, 0.4) is 0 Å². The van der Waals surface area contributed by atoms with Crippen LogP contribution in [0.15, 0.2) is 18.2 Å². The van der Waals surface area contributed by atoms with Gasteiger partial charge in [0.2, 0.25) is 0 Å². The summed E-state index contributed by atoms with van der Waals surface area (Å²) in [6.07, 6.45) is 2.61. The summed E-state index contributed by atoms with van der Waals surface area (Å²) < 4.78 is 1.64. The number of hydrogen-bond acceptors (Lipinski definition) is 2. The Morgan fingerprint density at radius 2 is 2.19 bits per heavy atom. The number of hydrogen-bond donors (Lipinski definition) is 0. The molecule has 0 aromatic carbocycles. The summed E-state index contributed by atoms with van der Waals surface area (Å²) in [5.74, 6) is 0. The van der Waals surface area contributed by atoms with Gasteiger partial charge in [-0.1, -0.05) is 25.2 Å². The van der Waals surface area contributed by atoms with E-state index in [4.69, 9.17) is 5.26 Å². The molecule has 0 unspecified atom stereocenters. The highest BCUT2D eigenvalue weighted by atomic mass is 15.3. The molecule has 0 saturated heterocycles. The molecule has 0 radical (unpaired) electrons. The molecule has 0 aliphatic carbocycles. The maximum Gasteiger partial charge on any atom is 0.146 e. The zero-order valence-corrected chi connectivity index (χ0v) is 10.3. The van der Waals surface area contributed by atoms with Gasteiger partial charge in [-0.2, -0.15) is 10.4 Å². The molecular weight excluding hydrogens is 198 g/mol. The lowest BCUT2D eigenvalue weighted by molar-refractivity contribution is 0.736. The highest BCUT2D eigenvalue weighted by molar-refractivity contribution is 5.79. The molecule has 1 rings (SSSR count). The summed E-state index contributed by atoms with van der Waals surface area (Å²) in [6.45, 7) is 9.89. The van der Waals surface area contributed by atoms with Crippen LogP contribution < -0.4 is 0 Å². The quantitative estimate of drug-likeness (QED) is 0.727. The van der Waals surface area contributed by atoms with Gasteiger partial charge in [0.05, 0.1) is 5.69 Å². The van der Waals surface area contributed by atoms with Crippen LogP contribution in [0.5, 0.6) is 0 Å². The van der Waals surface area contributed by atoms with Gasteiger partial charge in [0.25, 0.3) is 0 Å². The van der Waals surface area contributed by atoms with Crippen molar-refractivity contribution in [2.75, 3.05) is 0 Å². The molecule has 0 atom stereocenters. The maximum absolute atomic E-state index is 9.17. The van der Waals surface area contributed by atoms with E-state index in [0.717, 1.165) is 28.8 Å². The average molecular weight is 215 g/mol. The van der Waals surface area contributed by atoms with Crippen molar-refractivity contribution < 1.29 is 0 Å². The Morgan fingerprint density at radius 1 is 1.56 bits per heavy atom. The Labute approximate surface area is 96.7 Å². The Balaban J connectivity index is 3.60. The molecule has 3 nitrogen and oxygen atoms in total. The Hall–Kier alpha value is -1.82. The summed E-state index contributed by atoms with van der Waals surface area (Å²) in [7, 11) is 1.80. The third kappa shape index (κ3) is 1.92. The highest BCUT2D eigenvalue weighted by Gasteiger charge is 2.17. The van der Waals surface area contributed by atoms with E-state index in [-0.39, 0.29) is 0 Å². The number of aromatic nitrogens is 2. The minimum absolute atomic E-state index is 0.605. The van der Waals surface area contributed by atoms with Crippen molar-refractivity contribution in [3.05, 3.63) is 35.2 Å². The van der Waals surface area contributed by atoms with Gasteiger partial charge in [0.1, 0.15) is 11.8 Å². The van der Waals surface area contributed by atoms with Gasteiger partial charge < -0.3 is 0 Å².